The zero-order chi connectivity index (χ0) is 25.4. The summed E-state index contributed by atoms with van der Waals surface area (Å²) < 4.78 is 5.73. The van der Waals surface area contributed by atoms with Gasteiger partial charge in [0, 0.05) is 47.2 Å². The van der Waals surface area contributed by atoms with Gasteiger partial charge >= 0.3 is 0 Å². The zero-order valence-electron chi connectivity index (χ0n) is 21.8. The molecular weight excluding hydrogens is 456 g/mol. The summed E-state index contributed by atoms with van der Waals surface area (Å²) in [7, 11) is 1.67. The number of benzene rings is 1. The summed E-state index contributed by atoms with van der Waals surface area (Å²) in [6, 6.07) is 5.65. The van der Waals surface area contributed by atoms with Crippen molar-refractivity contribution in [1.29, 1.82) is 0 Å². The molecule has 2 aromatic heterocycles. The van der Waals surface area contributed by atoms with Gasteiger partial charge in [0.05, 0.1) is 18.8 Å². The molecule has 1 amide bonds. The zero-order valence-corrected chi connectivity index (χ0v) is 22.6. The van der Waals surface area contributed by atoms with Crippen LogP contribution in [0.5, 0.6) is 5.75 Å². The van der Waals surface area contributed by atoms with Gasteiger partial charge in [-0.25, -0.2) is 4.98 Å². The molecule has 0 N–H and O–H groups in total. The molecule has 35 heavy (non-hydrogen) atoms. The second-order valence-corrected chi connectivity index (χ2v) is 12.1. The fourth-order valence-corrected chi connectivity index (χ4v) is 6.44. The summed E-state index contributed by atoms with van der Waals surface area (Å²) in [6.45, 7) is 13.1. The van der Waals surface area contributed by atoms with E-state index in [4.69, 9.17) is 4.74 Å². The van der Waals surface area contributed by atoms with Crippen LogP contribution in [0.25, 0.3) is 0 Å². The molecule has 1 saturated heterocycles. The second-order valence-electron chi connectivity index (χ2n) is 11.2. The van der Waals surface area contributed by atoms with Crippen molar-refractivity contribution >= 4 is 17.2 Å². The Bertz CT molecular complexity index is 1160. The Morgan fingerprint density at radius 1 is 1.23 bits per heavy atom. The van der Waals surface area contributed by atoms with Gasteiger partial charge in [-0.3, -0.25) is 14.8 Å². The first-order valence-corrected chi connectivity index (χ1v) is 13.1. The normalized spacial score (nSPS) is 22.6. The Balaban J connectivity index is 1.85. The molecule has 1 aliphatic rings. The number of nitrogens with zero attached hydrogens (tertiary/aromatic N) is 4. The lowest BCUT2D eigenvalue weighted by atomic mass is 9.84. The molecule has 0 radical (unpaired) electrons. The first-order chi connectivity index (χ1) is 16.5. The SMILES string of the molecule is COc1cc(C(=O)N2[C@@H](c3nccs3)[C@@H](c3cnccn3)C[C@]2(C)CC(C)C)ccc1C(C)(C)C. The molecule has 186 valence electrons. The smallest absolute Gasteiger partial charge is 0.255 e. The minimum absolute atomic E-state index is 0.00139. The van der Waals surface area contributed by atoms with E-state index >= 15 is 0 Å². The van der Waals surface area contributed by atoms with Crippen LogP contribution in [-0.4, -0.2) is 38.4 Å². The minimum Gasteiger partial charge on any atom is -0.496 e. The van der Waals surface area contributed by atoms with Gasteiger partial charge in [-0.05, 0) is 48.8 Å². The topological polar surface area (TPSA) is 68.2 Å². The third-order valence-corrected chi connectivity index (χ3v) is 7.74. The average Bonchev–Trinajstić information content (AvgIpc) is 3.43. The van der Waals surface area contributed by atoms with Crippen LogP contribution in [0.15, 0.2) is 48.4 Å². The Kier molecular flexibility index (Phi) is 7.00. The van der Waals surface area contributed by atoms with Crippen molar-refractivity contribution in [2.75, 3.05) is 7.11 Å². The van der Waals surface area contributed by atoms with E-state index in [-0.39, 0.29) is 28.8 Å². The molecule has 3 atom stereocenters. The monoisotopic (exact) mass is 492 g/mol. The van der Waals surface area contributed by atoms with Gasteiger partial charge in [-0.15, -0.1) is 11.3 Å². The quantitative estimate of drug-likeness (QED) is 0.397. The third kappa shape index (κ3) is 4.96. The molecule has 0 unspecified atom stereocenters. The van der Waals surface area contributed by atoms with Crippen LogP contribution in [-0.2, 0) is 5.41 Å². The van der Waals surface area contributed by atoms with Crippen LogP contribution in [0.4, 0.5) is 0 Å². The van der Waals surface area contributed by atoms with E-state index in [0.717, 1.165) is 34.9 Å². The highest BCUT2D eigenvalue weighted by Gasteiger charge is 2.53. The van der Waals surface area contributed by atoms with Crippen LogP contribution in [0, 0.1) is 5.92 Å². The molecule has 6 nitrogen and oxygen atoms in total. The van der Waals surface area contributed by atoms with E-state index in [2.05, 4.69) is 61.4 Å². The maximum absolute atomic E-state index is 14.4. The van der Waals surface area contributed by atoms with Crippen molar-refractivity contribution < 1.29 is 9.53 Å². The van der Waals surface area contributed by atoms with Gasteiger partial charge in [0.2, 0.25) is 0 Å². The van der Waals surface area contributed by atoms with Crippen molar-refractivity contribution in [1.82, 2.24) is 19.9 Å². The maximum Gasteiger partial charge on any atom is 0.255 e. The molecule has 0 spiro atoms. The summed E-state index contributed by atoms with van der Waals surface area (Å²) in [6.07, 6.45) is 8.75. The number of hydrogen-bond donors (Lipinski definition) is 0. The van der Waals surface area contributed by atoms with Gasteiger partial charge < -0.3 is 9.64 Å². The maximum atomic E-state index is 14.4. The van der Waals surface area contributed by atoms with Crippen LogP contribution in [0.1, 0.15) is 93.0 Å². The largest absolute Gasteiger partial charge is 0.496 e. The lowest BCUT2D eigenvalue weighted by Crippen LogP contribution is -2.47. The molecule has 1 aromatic carbocycles. The van der Waals surface area contributed by atoms with Gasteiger partial charge in [-0.1, -0.05) is 40.7 Å². The van der Waals surface area contributed by atoms with E-state index in [9.17, 15) is 4.79 Å². The Labute approximate surface area is 212 Å². The summed E-state index contributed by atoms with van der Waals surface area (Å²) >= 11 is 1.59. The minimum atomic E-state index is -0.361. The fourth-order valence-electron chi connectivity index (χ4n) is 5.65. The summed E-state index contributed by atoms with van der Waals surface area (Å²) in [5.74, 6) is 1.17. The van der Waals surface area contributed by atoms with Crippen molar-refractivity contribution in [3.8, 4) is 5.75 Å². The molecule has 4 rings (SSSR count). The van der Waals surface area contributed by atoms with Crippen molar-refractivity contribution in [2.24, 2.45) is 5.92 Å². The number of methoxy groups -OCH3 is 1. The number of hydrogen-bond acceptors (Lipinski definition) is 6. The standard InChI is InChI=1S/C28H36N4O2S/c1-18(2)15-28(6)16-20(22-17-29-10-11-30-22)24(25-31-12-13-35-25)32(28)26(33)19-8-9-21(27(3,4)5)23(14-19)34-7/h8-14,17-18,20,24H,15-16H2,1-7H3/t20-,24-,28+/m1/s1. The van der Waals surface area contributed by atoms with E-state index in [0.29, 0.717) is 11.5 Å². The predicted octanol–water partition coefficient (Wildman–Crippen LogP) is 6.42. The Hall–Kier alpha value is -2.80. The van der Waals surface area contributed by atoms with Gasteiger partial charge in [0.15, 0.2) is 0 Å². The highest BCUT2D eigenvalue weighted by molar-refractivity contribution is 7.09. The highest BCUT2D eigenvalue weighted by atomic mass is 32.1. The number of likely N-dealkylation sites (tertiary alicyclic amines) is 1. The number of thiazole rings is 1. The van der Waals surface area contributed by atoms with Gasteiger partial charge in [0.1, 0.15) is 10.8 Å². The highest BCUT2D eigenvalue weighted by Crippen LogP contribution is 2.54. The molecule has 1 aliphatic heterocycles. The molecule has 1 fully saturated rings. The van der Waals surface area contributed by atoms with Crippen LogP contribution in [0.2, 0.25) is 0 Å². The van der Waals surface area contributed by atoms with E-state index < -0.39 is 0 Å². The first kappa shape index (κ1) is 25.3. The third-order valence-electron chi connectivity index (χ3n) is 6.89. The fraction of sp³-hybridized carbons (Fsp3) is 0.500. The lowest BCUT2D eigenvalue weighted by molar-refractivity contribution is 0.0475. The molecule has 0 saturated carbocycles. The summed E-state index contributed by atoms with van der Waals surface area (Å²) in [5.41, 5.74) is 2.16. The number of ether oxygens (including phenoxy) is 1. The lowest BCUT2D eigenvalue weighted by Gasteiger charge is -2.39. The predicted molar refractivity (Wildman–Crippen MR) is 140 cm³/mol. The molecular formula is C28H36N4O2S. The average molecular weight is 493 g/mol. The number of aromatic nitrogens is 3. The molecule has 7 heteroatoms. The van der Waals surface area contributed by atoms with Gasteiger partial charge in [0.25, 0.3) is 5.91 Å². The number of rotatable bonds is 6. The van der Waals surface area contributed by atoms with Crippen molar-refractivity contribution in [2.45, 2.75) is 77.3 Å². The molecule has 0 aliphatic carbocycles. The van der Waals surface area contributed by atoms with Crippen LogP contribution < -0.4 is 4.74 Å². The van der Waals surface area contributed by atoms with E-state index in [1.165, 1.54) is 0 Å². The summed E-state index contributed by atoms with van der Waals surface area (Å²) in [4.78, 5) is 30.1. The molecule has 3 heterocycles. The Morgan fingerprint density at radius 2 is 2.00 bits per heavy atom. The Morgan fingerprint density at radius 3 is 2.57 bits per heavy atom. The second kappa shape index (κ2) is 9.69. The van der Waals surface area contributed by atoms with Crippen LogP contribution in [0.3, 0.4) is 0 Å². The van der Waals surface area contributed by atoms with Crippen molar-refractivity contribution in [3.05, 3.63) is 70.2 Å². The van der Waals surface area contributed by atoms with E-state index in [1.807, 2.05) is 36.0 Å². The summed E-state index contributed by atoms with van der Waals surface area (Å²) in [5, 5.41) is 2.91. The first-order valence-electron chi connectivity index (χ1n) is 12.2. The number of carbonyl (C=O) groups excluding carboxylic acids is 1. The van der Waals surface area contributed by atoms with Crippen LogP contribution >= 0.6 is 11.3 Å². The van der Waals surface area contributed by atoms with Crippen molar-refractivity contribution in [3.63, 3.8) is 0 Å². The van der Waals surface area contributed by atoms with E-state index in [1.54, 1.807) is 30.8 Å². The number of carbonyl (C=O) groups is 1. The van der Waals surface area contributed by atoms with Gasteiger partial charge in [-0.2, -0.15) is 0 Å². The molecule has 0 bridgehead atoms. The number of amides is 1. The molecule has 3 aromatic rings.